The lowest BCUT2D eigenvalue weighted by Crippen LogP contribution is -2.53. The third-order valence-electron chi connectivity index (χ3n) is 5.01. The first-order chi connectivity index (χ1) is 12.6. The second kappa shape index (κ2) is 7.73. The molecular weight excluding hydrogens is 322 g/mol. The molecule has 3 N–H and O–H groups in total. The summed E-state index contributed by atoms with van der Waals surface area (Å²) in [5.41, 5.74) is 8.94. The summed E-state index contributed by atoms with van der Waals surface area (Å²) in [7, 11) is 1.66. The molecule has 0 aliphatic carbocycles. The van der Waals surface area contributed by atoms with Gasteiger partial charge in [-0.05, 0) is 24.1 Å². The highest BCUT2D eigenvalue weighted by Gasteiger charge is 2.45. The molecule has 0 heterocycles. The normalized spacial score (nSPS) is 13.8. The Labute approximate surface area is 155 Å². The second-order valence-corrected chi connectivity index (χ2v) is 6.51. The van der Waals surface area contributed by atoms with E-state index in [0.29, 0.717) is 0 Å². The van der Waals surface area contributed by atoms with Crippen LogP contribution in [0.3, 0.4) is 0 Å². The van der Waals surface area contributed by atoms with Gasteiger partial charge in [0, 0.05) is 11.6 Å². The Morgan fingerprint density at radius 3 is 1.73 bits per heavy atom. The number of rotatable bonds is 6. The van der Waals surface area contributed by atoms with Gasteiger partial charge in [-0.15, -0.1) is 0 Å². The third-order valence-corrected chi connectivity index (χ3v) is 5.01. The highest BCUT2D eigenvalue weighted by molar-refractivity contribution is 5.57. The summed E-state index contributed by atoms with van der Waals surface area (Å²) >= 11 is 0. The first-order valence-electron chi connectivity index (χ1n) is 8.80. The number of hydrogen-bond acceptors (Lipinski definition) is 3. The lowest BCUT2D eigenvalue weighted by atomic mass is 9.63. The Balaban J connectivity index is 2.44. The van der Waals surface area contributed by atoms with Crippen LogP contribution in [0, 0.1) is 0 Å². The van der Waals surface area contributed by atoms with Crippen LogP contribution < -0.4 is 10.5 Å². The zero-order valence-electron chi connectivity index (χ0n) is 15.2. The van der Waals surface area contributed by atoms with E-state index in [4.69, 9.17) is 10.5 Å². The van der Waals surface area contributed by atoms with E-state index in [9.17, 15) is 5.11 Å². The minimum atomic E-state index is -0.747. The maximum absolute atomic E-state index is 10.5. The second-order valence-electron chi connectivity index (χ2n) is 6.51. The molecule has 0 amide bonds. The van der Waals surface area contributed by atoms with E-state index in [1.54, 1.807) is 14.0 Å². The van der Waals surface area contributed by atoms with E-state index in [2.05, 4.69) is 24.3 Å². The Kier molecular flexibility index (Phi) is 5.40. The highest BCUT2D eigenvalue weighted by atomic mass is 16.5. The maximum Gasteiger partial charge on any atom is 0.123 e. The Morgan fingerprint density at radius 1 is 0.808 bits per heavy atom. The lowest BCUT2D eigenvalue weighted by molar-refractivity contribution is 0.139. The summed E-state index contributed by atoms with van der Waals surface area (Å²) in [6.07, 6.45) is -0.722. The summed E-state index contributed by atoms with van der Waals surface area (Å²) in [6, 6.07) is 27.5. The van der Waals surface area contributed by atoms with Crippen molar-refractivity contribution in [1.82, 2.24) is 0 Å². The van der Waals surface area contributed by atoms with Crippen LogP contribution in [0.25, 0.3) is 0 Å². The van der Waals surface area contributed by atoms with Gasteiger partial charge in [0.1, 0.15) is 5.75 Å². The molecule has 0 saturated heterocycles. The van der Waals surface area contributed by atoms with E-state index in [0.717, 1.165) is 22.4 Å². The minimum Gasteiger partial charge on any atom is -0.496 e. The quantitative estimate of drug-likeness (QED) is 0.668. The lowest BCUT2D eigenvalue weighted by Gasteiger charge is -2.42. The highest BCUT2D eigenvalue weighted by Crippen LogP contribution is 2.45. The molecule has 3 rings (SSSR count). The summed E-state index contributed by atoms with van der Waals surface area (Å²) in [5, 5.41) is 10.5. The molecular formula is C23H25NO2. The fourth-order valence-electron chi connectivity index (χ4n) is 3.78. The minimum absolute atomic E-state index is 0.566. The van der Waals surface area contributed by atoms with Crippen molar-refractivity contribution in [2.45, 2.75) is 24.5 Å². The molecule has 1 unspecified atom stereocenters. The molecule has 2 atom stereocenters. The molecule has 0 bridgehead atoms. The number of nitrogens with two attached hydrogens (primary N) is 1. The molecule has 0 aliphatic heterocycles. The summed E-state index contributed by atoms with van der Waals surface area (Å²) in [6.45, 7) is 1.74. The Hall–Kier alpha value is -2.62. The van der Waals surface area contributed by atoms with Crippen LogP contribution >= 0.6 is 0 Å². The summed E-state index contributed by atoms with van der Waals surface area (Å²) in [4.78, 5) is 0. The maximum atomic E-state index is 10.5. The third kappa shape index (κ3) is 3.00. The molecule has 3 heteroatoms. The van der Waals surface area contributed by atoms with Crippen molar-refractivity contribution in [1.29, 1.82) is 0 Å². The van der Waals surface area contributed by atoms with Crippen LogP contribution in [0.1, 0.15) is 23.6 Å². The average Bonchev–Trinajstić information content (AvgIpc) is 2.70. The summed E-state index contributed by atoms with van der Waals surface area (Å²) < 4.78 is 5.69. The van der Waals surface area contributed by atoms with Crippen LogP contribution in [0.4, 0.5) is 0 Å². The number of para-hydroxylation sites is 1. The number of methoxy groups -OCH3 is 1. The van der Waals surface area contributed by atoms with Gasteiger partial charge >= 0.3 is 0 Å². The number of aliphatic hydroxyl groups is 1. The van der Waals surface area contributed by atoms with Gasteiger partial charge in [-0.3, -0.25) is 0 Å². The van der Waals surface area contributed by atoms with E-state index >= 15 is 0 Å². The fraction of sp³-hybridized carbons (Fsp3) is 0.217. The SMILES string of the molecule is COc1ccccc1C(c1ccccc1)(c1ccccc1)[C@H](N)C(C)O. The standard InChI is InChI=1S/C23H25NO2/c1-17(25)22(24)23(18-11-5-3-6-12-18,19-13-7-4-8-14-19)20-15-9-10-16-21(20)26-2/h3-17,22,25H,24H2,1-2H3/t17?,22-/m1/s1. The molecule has 0 aliphatic rings. The fourth-order valence-corrected chi connectivity index (χ4v) is 3.78. The number of benzene rings is 3. The van der Waals surface area contributed by atoms with Crippen molar-refractivity contribution in [2.75, 3.05) is 7.11 Å². The van der Waals surface area contributed by atoms with Gasteiger partial charge in [-0.2, -0.15) is 0 Å². The van der Waals surface area contributed by atoms with E-state index < -0.39 is 17.6 Å². The Bertz CT molecular complexity index is 792. The average molecular weight is 347 g/mol. The molecule has 0 radical (unpaired) electrons. The van der Waals surface area contributed by atoms with Crippen LogP contribution in [0.15, 0.2) is 84.9 Å². The van der Waals surface area contributed by atoms with Crippen molar-refractivity contribution >= 4 is 0 Å². The van der Waals surface area contributed by atoms with Crippen molar-refractivity contribution in [3.05, 3.63) is 102 Å². The van der Waals surface area contributed by atoms with E-state index in [1.165, 1.54) is 0 Å². The largest absolute Gasteiger partial charge is 0.496 e. The van der Waals surface area contributed by atoms with Crippen molar-refractivity contribution < 1.29 is 9.84 Å². The zero-order valence-corrected chi connectivity index (χ0v) is 15.2. The van der Waals surface area contributed by atoms with E-state index in [1.807, 2.05) is 60.7 Å². The van der Waals surface area contributed by atoms with Crippen LogP contribution in [-0.2, 0) is 5.41 Å². The molecule has 3 nitrogen and oxygen atoms in total. The topological polar surface area (TPSA) is 55.5 Å². The zero-order chi connectivity index (χ0) is 18.6. The van der Waals surface area contributed by atoms with Gasteiger partial charge in [0.15, 0.2) is 0 Å². The number of aliphatic hydroxyl groups excluding tert-OH is 1. The molecule has 0 saturated carbocycles. The van der Waals surface area contributed by atoms with Crippen LogP contribution in [0.2, 0.25) is 0 Å². The molecule has 0 fully saturated rings. The first kappa shape index (κ1) is 18.2. The van der Waals surface area contributed by atoms with Crippen molar-refractivity contribution in [3.63, 3.8) is 0 Å². The van der Waals surface area contributed by atoms with Crippen LogP contribution in [0.5, 0.6) is 5.75 Å². The summed E-state index contributed by atoms with van der Waals surface area (Å²) in [5.74, 6) is 0.747. The van der Waals surface area contributed by atoms with Gasteiger partial charge in [-0.25, -0.2) is 0 Å². The first-order valence-corrected chi connectivity index (χ1v) is 8.80. The van der Waals surface area contributed by atoms with Gasteiger partial charge < -0.3 is 15.6 Å². The molecule has 134 valence electrons. The molecule has 26 heavy (non-hydrogen) atoms. The molecule has 0 spiro atoms. The van der Waals surface area contributed by atoms with Crippen molar-refractivity contribution in [2.24, 2.45) is 5.73 Å². The predicted octanol–water partition coefficient (Wildman–Crippen LogP) is 3.74. The Morgan fingerprint density at radius 2 is 1.27 bits per heavy atom. The van der Waals surface area contributed by atoms with Crippen LogP contribution in [-0.4, -0.2) is 24.4 Å². The molecule has 0 aromatic heterocycles. The molecule has 3 aromatic rings. The van der Waals surface area contributed by atoms with Crippen molar-refractivity contribution in [3.8, 4) is 5.75 Å². The van der Waals surface area contributed by atoms with Gasteiger partial charge in [-0.1, -0.05) is 78.9 Å². The monoisotopic (exact) mass is 347 g/mol. The number of ether oxygens (including phenoxy) is 1. The smallest absolute Gasteiger partial charge is 0.123 e. The number of hydrogen-bond donors (Lipinski definition) is 2. The predicted molar refractivity (Wildman–Crippen MR) is 105 cm³/mol. The van der Waals surface area contributed by atoms with Gasteiger partial charge in [0.2, 0.25) is 0 Å². The van der Waals surface area contributed by atoms with Gasteiger partial charge in [0.25, 0.3) is 0 Å². The van der Waals surface area contributed by atoms with E-state index in [-0.39, 0.29) is 0 Å². The molecule has 3 aromatic carbocycles. The van der Waals surface area contributed by atoms with Gasteiger partial charge in [0.05, 0.1) is 18.6 Å².